The van der Waals surface area contributed by atoms with Crippen molar-refractivity contribution in [2.24, 2.45) is 0 Å². The van der Waals surface area contributed by atoms with E-state index in [2.05, 4.69) is 10.3 Å². The third-order valence-corrected chi connectivity index (χ3v) is 3.09. The molecule has 0 aliphatic carbocycles. The number of amides is 1. The van der Waals surface area contributed by atoms with E-state index in [4.69, 9.17) is 21.1 Å². The van der Waals surface area contributed by atoms with Crippen LogP contribution in [0.25, 0.3) is 0 Å². The summed E-state index contributed by atoms with van der Waals surface area (Å²) in [6.45, 7) is 5.80. The zero-order valence-electron chi connectivity index (χ0n) is 12.4. The van der Waals surface area contributed by atoms with Crippen molar-refractivity contribution in [1.82, 2.24) is 10.3 Å². The Hall–Kier alpha value is -1.17. The second-order valence-corrected chi connectivity index (χ2v) is 5.25. The standard InChI is InChI=1S/C14H21ClN2O3/c1-8(2)11-6-10(7-12(15)17-11)13(18)16-9(3)14(19-4)20-5/h6-9,14H,1-5H3,(H,16,18). The number of aromatic nitrogens is 1. The van der Waals surface area contributed by atoms with Crippen molar-refractivity contribution < 1.29 is 14.3 Å². The molecule has 0 fully saturated rings. The van der Waals surface area contributed by atoms with Crippen molar-refractivity contribution in [2.45, 2.75) is 39.0 Å². The SMILES string of the molecule is COC(OC)C(C)NC(=O)c1cc(Cl)nc(C(C)C)c1. The number of nitrogens with one attached hydrogen (secondary N) is 1. The number of methoxy groups -OCH3 is 2. The van der Waals surface area contributed by atoms with Crippen LogP contribution < -0.4 is 5.32 Å². The average Bonchev–Trinajstić information content (AvgIpc) is 2.39. The maximum Gasteiger partial charge on any atom is 0.251 e. The fourth-order valence-electron chi connectivity index (χ4n) is 1.81. The molecule has 1 rings (SSSR count). The highest BCUT2D eigenvalue weighted by Crippen LogP contribution is 2.18. The van der Waals surface area contributed by atoms with Crippen LogP contribution in [0.2, 0.25) is 5.15 Å². The number of pyridine rings is 1. The summed E-state index contributed by atoms with van der Waals surface area (Å²) in [7, 11) is 3.05. The quantitative estimate of drug-likeness (QED) is 0.648. The Morgan fingerprint density at radius 2 is 1.85 bits per heavy atom. The molecule has 0 bridgehead atoms. The van der Waals surface area contributed by atoms with Crippen molar-refractivity contribution >= 4 is 17.5 Å². The molecule has 1 amide bonds. The minimum absolute atomic E-state index is 0.198. The zero-order chi connectivity index (χ0) is 15.3. The molecule has 0 aromatic carbocycles. The molecule has 1 aromatic rings. The Morgan fingerprint density at radius 1 is 1.25 bits per heavy atom. The van der Waals surface area contributed by atoms with E-state index in [0.717, 1.165) is 5.69 Å². The van der Waals surface area contributed by atoms with Crippen molar-refractivity contribution in [3.63, 3.8) is 0 Å². The van der Waals surface area contributed by atoms with Gasteiger partial charge in [0.1, 0.15) is 5.15 Å². The summed E-state index contributed by atoms with van der Waals surface area (Å²) >= 11 is 5.95. The zero-order valence-corrected chi connectivity index (χ0v) is 13.2. The maximum absolute atomic E-state index is 12.2. The minimum atomic E-state index is -0.499. The first-order valence-corrected chi connectivity index (χ1v) is 6.80. The summed E-state index contributed by atoms with van der Waals surface area (Å²) in [6, 6.07) is 3.00. The molecule has 1 atom stereocenters. The van der Waals surface area contributed by atoms with Gasteiger partial charge < -0.3 is 14.8 Å². The molecule has 0 radical (unpaired) electrons. The minimum Gasteiger partial charge on any atom is -0.354 e. The molecule has 1 heterocycles. The summed E-state index contributed by atoms with van der Waals surface area (Å²) < 4.78 is 10.2. The monoisotopic (exact) mass is 300 g/mol. The Morgan fingerprint density at radius 3 is 2.35 bits per heavy atom. The van der Waals surface area contributed by atoms with E-state index in [0.29, 0.717) is 10.7 Å². The van der Waals surface area contributed by atoms with E-state index in [1.54, 1.807) is 12.1 Å². The number of carbonyl (C=O) groups excluding carboxylic acids is 1. The predicted molar refractivity (Wildman–Crippen MR) is 78.1 cm³/mol. The van der Waals surface area contributed by atoms with Gasteiger partial charge in [0.05, 0.1) is 6.04 Å². The lowest BCUT2D eigenvalue weighted by molar-refractivity contribution is -0.117. The van der Waals surface area contributed by atoms with Crippen LogP contribution in [0.4, 0.5) is 0 Å². The molecule has 0 aliphatic rings. The highest BCUT2D eigenvalue weighted by molar-refractivity contribution is 6.29. The van der Waals surface area contributed by atoms with E-state index < -0.39 is 6.29 Å². The second kappa shape index (κ2) is 7.57. The molecular weight excluding hydrogens is 280 g/mol. The van der Waals surface area contributed by atoms with Gasteiger partial charge in [0, 0.05) is 25.5 Å². The summed E-state index contributed by atoms with van der Waals surface area (Å²) in [4.78, 5) is 16.4. The van der Waals surface area contributed by atoms with Crippen LogP contribution in [0, 0.1) is 0 Å². The molecular formula is C14H21ClN2O3. The summed E-state index contributed by atoms with van der Waals surface area (Å²) in [5, 5.41) is 3.13. The topological polar surface area (TPSA) is 60.5 Å². The number of carbonyl (C=O) groups is 1. The van der Waals surface area contributed by atoms with Crippen LogP contribution in [0.15, 0.2) is 12.1 Å². The first-order valence-electron chi connectivity index (χ1n) is 6.43. The fraction of sp³-hybridized carbons (Fsp3) is 0.571. The van der Waals surface area contributed by atoms with Crippen LogP contribution in [0.1, 0.15) is 42.7 Å². The maximum atomic E-state index is 12.2. The molecule has 5 nitrogen and oxygen atoms in total. The van der Waals surface area contributed by atoms with Gasteiger partial charge in [0.2, 0.25) is 0 Å². The Balaban J connectivity index is 2.87. The second-order valence-electron chi connectivity index (χ2n) is 4.86. The first-order chi connectivity index (χ1) is 9.38. The molecule has 0 aliphatic heterocycles. The van der Waals surface area contributed by atoms with Gasteiger partial charge in [-0.1, -0.05) is 25.4 Å². The third-order valence-electron chi connectivity index (χ3n) is 2.90. The molecule has 0 spiro atoms. The molecule has 20 heavy (non-hydrogen) atoms. The van der Waals surface area contributed by atoms with Gasteiger partial charge in [-0.05, 0) is 25.0 Å². The highest BCUT2D eigenvalue weighted by Gasteiger charge is 2.19. The van der Waals surface area contributed by atoms with E-state index in [-0.39, 0.29) is 17.9 Å². The molecule has 0 saturated heterocycles. The van der Waals surface area contributed by atoms with Crippen LogP contribution in [-0.2, 0) is 9.47 Å². The van der Waals surface area contributed by atoms with Crippen molar-refractivity contribution in [2.75, 3.05) is 14.2 Å². The van der Waals surface area contributed by atoms with Crippen molar-refractivity contribution in [3.05, 3.63) is 28.5 Å². The van der Waals surface area contributed by atoms with Crippen LogP contribution >= 0.6 is 11.6 Å². The predicted octanol–water partition coefficient (Wildman–Crippen LogP) is 2.60. The number of rotatable bonds is 6. The number of nitrogens with zero attached hydrogens (tertiary/aromatic N) is 1. The van der Waals surface area contributed by atoms with Gasteiger partial charge in [-0.25, -0.2) is 4.98 Å². The largest absolute Gasteiger partial charge is 0.354 e. The Kier molecular flexibility index (Phi) is 6.39. The van der Waals surface area contributed by atoms with Gasteiger partial charge in [0.15, 0.2) is 6.29 Å². The fourth-order valence-corrected chi connectivity index (χ4v) is 2.02. The van der Waals surface area contributed by atoms with E-state index in [1.807, 2.05) is 20.8 Å². The summed E-state index contributed by atoms with van der Waals surface area (Å²) in [5.74, 6) is -0.0360. The smallest absolute Gasteiger partial charge is 0.251 e. The van der Waals surface area contributed by atoms with E-state index in [9.17, 15) is 4.79 Å². The number of hydrogen-bond acceptors (Lipinski definition) is 4. The molecule has 0 saturated carbocycles. The molecule has 1 unspecified atom stereocenters. The number of hydrogen-bond donors (Lipinski definition) is 1. The van der Waals surface area contributed by atoms with E-state index in [1.165, 1.54) is 14.2 Å². The van der Waals surface area contributed by atoms with Crippen molar-refractivity contribution in [1.29, 1.82) is 0 Å². The summed E-state index contributed by atoms with van der Waals surface area (Å²) in [5.41, 5.74) is 1.26. The molecule has 6 heteroatoms. The molecule has 1 N–H and O–H groups in total. The number of halogens is 1. The van der Waals surface area contributed by atoms with Gasteiger partial charge in [-0.15, -0.1) is 0 Å². The highest BCUT2D eigenvalue weighted by atomic mass is 35.5. The van der Waals surface area contributed by atoms with Gasteiger partial charge in [-0.3, -0.25) is 4.79 Å². The molecule has 1 aromatic heterocycles. The van der Waals surface area contributed by atoms with Gasteiger partial charge >= 0.3 is 0 Å². The van der Waals surface area contributed by atoms with Gasteiger partial charge in [0.25, 0.3) is 5.91 Å². The molecule has 112 valence electrons. The Bertz CT molecular complexity index is 462. The normalized spacial score (nSPS) is 12.8. The lowest BCUT2D eigenvalue weighted by Crippen LogP contribution is -2.43. The summed E-state index contributed by atoms with van der Waals surface area (Å²) in [6.07, 6.45) is -0.499. The average molecular weight is 301 g/mol. The van der Waals surface area contributed by atoms with Crippen LogP contribution in [0.3, 0.4) is 0 Å². The first kappa shape index (κ1) is 16.9. The van der Waals surface area contributed by atoms with E-state index >= 15 is 0 Å². The lowest BCUT2D eigenvalue weighted by Gasteiger charge is -2.22. The van der Waals surface area contributed by atoms with Crippen molar-refractivity contribution in [3.8, 4) is 0 Å². The lowest BCUT2D eigenvalue weighted by atomic mass is 10.1. The van der Waals surface area contributed by atoms with Crippen LogP contribution in [0.5, 0.6) is 0 Å². The third kappa shape index (κ3) is 4.44. The Labute approximate surface area is 124 Å². The van der Waals surface area contributed by atoms with Gasteiger partial charge in [-0.2, -0.15) is 0 Å². The van der Waals surface area contributed by atoms with Crippen LogP contribution in [-0.4, -0.2) is 37.4 Å². The number of ether oxygens (including phenoxy) is 2.